The van der Waals surface area contributed by atoms with Crippen LogP contribution in [0.25, 0.3) is 0 Å². The summed E-state index contributed by atoms with van der Waals surface area (Å²) >= 11 is 0. The van der Waals surface area contributed by atoms with Crippen LogP contribution in [-0.4, -0.2) is 32.8 Å². The molecule has 0 unspecified atom stereocenters. The third-order valence-electron chi connectivity index (χ3n) is 1.16. The van der Waals surface area contributed by atoms with Crippen LogP contribution in [0.1, 0.15) is 0 Å². The molecule has 1 heterocycles. The Kier molecular flexibility index (Phi) is 3.63. The zero-order chi connectivity index (χ0) is 12.2. The van der Waals surface area contributed by atoms with E-state index in [1.54, 1.807) is 0 Å². The number of urea groups is 1. The highest BCUT2D eigenvalue weighted by Gasteiger charge is 2.20. The van der Waals surface area contributed by atoms with Gasteiger partial charge in [0.15, 0.2) is 0 Å². The normalized spacial score (nSPS) is 10.5. The minimum absolute atomic E-state index is 0.657. The molecule has 1 N–H and O–H groups in total. The summed E-state index contributed by atoms with van der Waals surface area (Å²) in [5.41, 5.74) is 0. The van der Waals surface area contributed by atoms with Crippen LogP contribution in [0.15, 0.2) is 28.0 Å². The smallest absolute Gasteiger partial charge is 0.244 e. The van der Waals surface area contributed by atoms with Gasteiger partial charge in [0.25, 0.3) is 5.16 Å². The molecule has 1 aromatic rings. The number of hydrogen-bond acceptors (Lipinski definition) is 7. The van der Waals surface area contributed by atoms with Crippen LogP contribution in [0.2, 0.25) is 0 Å². The quantitative estimate of drug-likeness (QED) is 0.672. The van der Waals surface area contributed by atoms with Crippen LogP contribution >= 0.6 is 0 Å². The van der Waals surface area contributed by atoms with Crippen LogP contribution < -0.4 is 4.72 Å². The second-order valence-electron chi connectivity index (χ2n) is 2.25. The number of carbonyl (C=O) groups excluding carboxylic acids is 1. The van der Waals surface area contributed by atoms with E-state index < -0.39 is 31.7 Å². The second-order valence-corrected chi connectivity index (χ2v) is 4.44. The number of sulfonamides is 1. The molecule has 0 aromatic carbocycles. The Morgan fingerprint density at radius 2 is 1.88 bits per heavy atom. The lowest BCUT2D eigenvalue weighted by molar-refractivity contribution is 0.254. The van der Waals surface area contributed by atoms with E-state index in [9.17, 15) is 21.6 Å². The number of hydrogen-bond donors (Lipinski definition) is 1. The number of nitrogens with zero attached hydrogens (tertiary/aromatic N) is 3. The Bertz CT molecular complexity index is 612. The summed E-state index contributed by atoms with van der Waals surface area (Å²) in [6, 6.07) is -0.168. The van der Waals surface area contributed by atoms with Gasteiger partial charge in [-0.3, -0.25) is 0 Å². The molecular formula is C5H4N4O5S2. The molecule has 2 amide bonds. The van der Waals surface area contributed by atoms with Crippen molar-refractivity contribution in [3.8, 4) is 0 Å². The summed E-state index contributed by atoms with van der Waals surface area (Å²) < 4.78 is 46.3. The Morgan fingerprint density at radius 3 is 2.38 bits per heavy atom. The summed E-state index contributed by atoms with van der Waals surface area (Å²) in [6.45, 7) is 0. The van der Waals surface area contributed by atoms with Crippen LogP contribution in [0.4, 0.5) is 4.79 Å². The average molecular weight is 264 g/mol. The summed E-state index contributed by atoms with van der Waals surface area (Å²) in [5.74, 6) is 0. The molecule has 0 spiro atoms. The first-order valence-corrected chi connectivity index (χ1v) is 6.08. The molecule has 0 aliphatic carbocycles. The zero-order valence-electron chi connectivity index (χ0n) is 7.43. The van der Waals surface area contributed by atoms with Crippen LogP contribution in [0, 0.1) is 0 Å². The zero-order valence-corrected chi connectivity index (χ0v) is 9.06. The first-order valence-electron chi connectivity index (χ1n) is 3.57. The Balaban J connectivity index is 2.99. The van der Waals surface area contributed by atoms with E-state index in [0.717, 1.165) is 12.4 Å². The summed E-state index contributed by atoms with van der Waals surface area (Å²) in [7, 11) is -7.32. The average Bonchev–Trinajstić information content (AvgIpc) is 2.16. The minimum Gasteiger partial charge on any atom is -0.244 e. The van der Waals surface area contributed by atoms with Crippen molar-refractivity contribution in [1.29, 1.82) is 0 Å². The van der Waals surface area contributed by atoms with E-state index in [-0.39, 0.29) is 0 Å². The molecule has 86 valence electrons. The van der Waals surface area contributed by atoms with E-state index >= 15 is 0 Å². The van der Waals surface area contributed by atoms with Crippen molar-refractivity contribution in [3.05, 3.63) is 18.5 Å². The molecule has 16 heavy (non-hydrogen) atoms. The van der Waals surface area contributed by atoms with Gasteiger partial charge in [0, 0.05) is 12.4 Å². The Morgan fingerprint density at radius 1 is 1.31 bits per heavy atom. The predicted molar refractivity (Wildman–Crippen MR) is 49.1 cm³/mol. The summed E-state index contributed by atoms with van der Waals surface area (Å²) in [6.07, 6.45) is 2.30. The van der Waals surface area contributed by atoms with Crippen molar-refractivity contribution in [1.82, 2.24) is 14.7 Å². The largest absolute Gasteiger partial charge is 0.369 e. The van der Waals surface area contributed by atoms with Gasteiger partial charge in [0.1, 0.15) is 0 Å². The number of nitrogens with one attached hydrogen (secondary N) is 1. The SMILES string of the molecule is O=C(N=S(=O)=O)NS(=O)(=O)c1ncccn1. The van der Waals surface area contributed by atoms with Crippen molar-refractivity contribution < 1.29 is 21.6 Å². The molecule has 11 heteroatoms. The van der Waals surface area contributed by atoms with Gasteiger partial charge in [-0.1, -0.05) is 4.36 Å². The van der Waals surface area contributed by atoms with E-state index in [4.69, 9.17) is 0 Å². The van der Waals surface area contributed by atoms with Gasteiger partial charge in [0.2, 0.25) is 0 Å². The lowest BCUT2D eigenvalue weighted by Gasteiger charge is -1.99. The number of rotatable bonds is 2. The van der Waals surface area contributed by atoms with Gasteiger partial charge in [-0.25, -0.2) is 19.5 Å². The number of aromatic nitrogens is 2. The monoisotopic (exact) mass is 264 g/mol. The first kappa shape index (κ1) is 12.2. The van der Waals surface area contributed by atoms with Gasteiger partial charge in [-0.05, 0) is 6.07 Å². The maximum Gasteiger partial charge on any atom is 0.369 e. The molecule has 0 saturated heterocycles. The predicted octanol–water partition coefficient (Wildman–Crippen LogP) is -1.06. The molecule has 1 aromatic heterocycles. The lowest BCUT2D eigenvalue weighted by Crippen LogP contribution is -2.29. The third kappa shape index (κ3) is 3.36. The molecule has 9 nitrogen and oxygen atoms in total. The number of amides is 2. The fourth-order valence-corrected chi connectivity index (χ4v) is 1.68. The van der Waals surface area contributed by atoms with Gasteiger partial charge in [0.05, 0.1) is 0 Å². The van der Waals surface area contributed by atoms with Crippen molar-refractivity contribution in [2.75, 3.05) is 0 Å². The van der Waals surface area contributed by atoms with Crippen LogP contribution in [0.5, 0.6) is 0 Å². The van der Waals surface area contributed by atoms with E-state index in [2.05, 4.69) is 14.3 Å². The molecule has 0 aliphatic heterocycles. The third-order valence-corrected chi connectivity index (χ3v) is 2.61. The molecule has 0 fully saturated rings. The highest BCUT2D eigenvalue weighted by atomic mass is 32.2. The lowest BCUT2D eigenvalue weighted by atomic mass is 10.7. The van der Waals surface area contributed by atoms with E-state index in [1.807, 2.05) is 0 Å². The topological polar surface area (TPSA) is 136 Å². The van der Waals surface area contributed by atoms with Crippen molar-refractivity contribution in [2.24, 2.45) is 4.36 Å². The van der Waals surface area contributed by atoms with E-state index in [1.165, 1.54) is 10.8 Å². The van der Waals surface area contributed by atoms with Crippen molar-refractivity contribution in [2.45, 2.75) is 5.16 Å². The van der Waals surface area contributed by atoms with Gasteiger partial charge >= 0.3 is 26.6 Å². The summed E-state index contributed by atoms with van der Waals surface area (Å²) in [5, 5.41) is -0.657. The Labute approximate surface area is 91.3 Å². The number of carbonyl (C=O) groups is 1. The molecule has 0 atom stereocenters. The van der Waals surface area contributed by atoms with Crippen LogP contribution in [0.3, 0.4) is 0 Å². The maximum atomic E-state index is 11.3. The fraction of sp³-hybridized carbons (Fsp3) is 0. The highest BCUT2D eigenvalue weighted by Crippen LogP contribution is 1.98. The van der Waals surface area contributed by atoms with Gasteiger partial charge in [-0.2, -0.15) is 16.8 Å². The van der Waals surface area contributed by atoms with Crippen molar-refractivity contribution in [3.63, 3.8) is 0 Å². The van der Waals surface area contributed by atoms with Gasteiger partial charge < -0.3 is 0 Å². The van der Waals surface area contributed by atoms with Gasteiger partial charge in [-0.15, -0.1) is 0 Å². The molecule has 1 rings (SSSR count). The fourth-order valence-electron chi connectivity index (χ4n) is 0.671. The minimum atomic E-state index is -4.29. The molecule has 0 bridgehead atoms. The maximum absolute atomic E-state index is 11.3. The Hall–Kier alpha value is -1.88. The van der Waals surface area contributed by atoms with E-state index in [0.29, 0.717) is 0 Å². The van der Waals surface area contributed by atoms with Crippen LogP contribution in [-0.2, 0) is 20.5 Å². The summed E-state index contributed by atoms with van der Waals surface area (Å²) in [4.78, 5) is 17.5. The standard InChI is InChI=1S/C5H4N4O5S2/c10-4(8-15(11)12)9-16(13,14)5-6-2-1-3-7-5/h1-3H,(H,9,10). The van der Waals surface area contributed by atoms with Crippen molar-refractivity contribution >= 4 is 26.6 Å². The highest BCUT2D eigenvalue weighted by molar-refractivity contribution is 7.89. The molecule has 0 aliphatic rings. The molecule has 0 radical (unpaired) electrons. The molecule has 0 saturated carbocycles. The first-order chi connectivity index (χ1) is 7.42. The second kappa shape index (κ2) is 4.76. The molecular weight excluding hydrogens is 260 g/mol.